The zero-order valence-corrected chi connectivity index (χ0v) is 16.3. The highest BCUT2D eigenvalue weighted by Crippen LogP contribution is 2.14. The molecule has 0 bridgehead atoms. The third kappa shape index (κ3) is 5.62. The second-order valence-corrected chi connectivity index (χ2v) is 6.42. The number of carbonyl (C=O) groups is 2. The van der Waals surface area contributed by atoms with Gasteiger partial charge in [0.2, 0.25) is 0 Å². The number of amides is 1. The molecule has 0 radical (unpaired) electrons. The van der Waals surface area contributed by atoms with Crippen molar-refractivity contribution in [2.75, 3.05) is 24.3 Å². The van der Waals surface area contributed by atoms with E-state index in [1.807, 2.05) is 24.3 Å². The topological polar surface area (TPSA) is 93.2 Å². The van der Waals surface area contributed by atoms with Crippen LogP contribution in [0.1, 0.15) is 33.3 Å². The molecule has 0 spiro atoms. The van der Waals surface area contributed by atoms with Gasteiger partial charge in [-0.3, -0.25) is 9.59 Å². The number of Topliss-reactive ketones (excluding diaryl/α,β-unsaturated/α-hetero) is 1. The van der Waals surface area contributed by atoms with Gasteiger partial charge in [-0.2, -0.15) is 0 Å². The molecule has 1 heterocycles. The molecule has 3 rings (SSSR count). The molecule has 0 saturated carbocycles. The molecule has 1 aromatic heterocycles. The number of aromatic nitrogens is 2. The Hall–Kier alpha value is -3.74. The summed E-state index contributed by atoms with van der Waals surface area (Å²) in [6.45, 7) is 2.16. The van der Waals surface area contributed by atoms with E-state index in [0.29, 0.717) is 23.6 Å². The molecule has 0 saturated heterocycles. The third-order valence-corrected chi connectivity index (χ3v) is 4.30. The van der Waals surface area contributed by atoms with Crippen LogP contribution in [0.25, 0.3) is 0 Å². The Morgan fingerprint density at radius 3 is 2.45 bits per heavy atom. The van der Waals surface area contributed by atoms with E-state index in [1.165, 1.54) is 12.5 Å². The number of benzene rings is 2. The molecule has 2 aromatic carbocycles. The van der Waals surface area contributed by atoms with Crippen LogP contribution in [0, 0.1) is 0 Å². The van der Waals surface area contributed by atoms with Crippen molar-refractivity contribution in [1.29, 1.82) is 0 Å². The Labute approximate surface area is 169 Å². The summed E-state index contributed by atoms with van der Waals surface area (Å²) in [6.07, 6.45) is 0.820. The van der Waals surface area contributed by atoms with E-state index >= 15 is 0 Å². The lowest BCUT2D eigenvalue weighted by atomic mass is 10.1. The summed E-state index contributed by atoms with van der Waals surface area (Å²) in [7, 11) is 1.64. The fourth-order valence-electron chi connectivity index (χ4n) is 2.69. The van der Waals surface area contributed by atoms with Gasteiger partial charge < -0.3 is 15.4 Å². The van der Waals surface area contributed by atoms with Crippen molar-refractivity contribution in [1.82, 2.24) is 10.2 Å². The van der Waals surface area contributed by atoms with E-state index in [0.717, 1.165) is 12.2 Å². The predicted octanol–water partition coefficient (Wildman–Crippen LogP) is 3.59. The summed E-state index contributed by atoms with van der Waals surface area (Å²) in [6, 6.07) is 18.0. The summed E-state index contributed by atoms with van der Waals surface area (Å²) < 4.78 is 5.15. The van der Waals surface area contributed by atoms with Crippen LogP contribution >= 0.6 is 0 Å². The SMILES string of the molecule is COc1ccc(CCNc2ccc(C(=O)Nc3cccc(C(C)=O)c3)nn2)cc1. The minimum absolute atomic E-state index is 0.0639. The first-order valence-electron chi connectivity index (χ1n) is 9.18. The summed E-state index contributed by atoms with van der Waals surface area (Å²) in [5.41, 5.74) is 2.44. The van der Waals surface area contributed by atoms with Crippen LogP contribution in [-0.2, 0) is 6.42 Å². The van der Waals surface area contributed by atoms with Crippen molar-refractivity contribution < 1.29 is 14.3 Å². The summed E-state index contributed by atoms with van der Waals surface area (Å²) in [4.78, 5) is 23.8. The van der Waals surface area contributed by atoms with E-state index in [4.69, 9.17) is 4.74 Å². The summed E-state index contributed by atoms with van der Waals surface area (Å²) in [5.74, 6) is 0.969. The van der Waals surface area contributed by atoms with Gasteiger partial charge in [0.15, 0.2) is 11.5 Å². The van der Waals surface area contributed by atoms with Crippen LogP contribution in [-0.4, -0.2) is 35.5 Å². The van der Waals surface area contributed by atoms with Crippen LogP contribution in [0.5, 0.6) is 5.75 Å². The molecular weight excluding hydrogens is 368 g/mol. The van der Waals surface area contributed by atoms with Gasteiger partial charge in [-0.05, 0) is 55.3 Å². The van der Waals surface area contributed by atoms with E-state index in [2.05, 4.69) is 20.8 Å². The first-order valence-corrected chi connectivity index (χ1v) is 9.18. The number of hydrogen-bond acceptors (Lipinski definition) is 6. The third-order valence-electron chi connectivity index (χ3n) is 4.30. The van der Waals surface area contributed by atoms with E-state index in [-0.39, 0.29) is 17.4 Å². The van der Waals surface area contributed by atoms with Gasteiger partial charge >= 0.3 is 0 Å². The molecule has 0 fully saturated rings. The number of ether oxygens (including phenoxy) is 1. The second-order valence-electron chi connectivity index (χ2n) is 6.42. The summed E-state index contributed by atoms with van der Waals surface area (Å²) in [5, 5.41) is 13.9. The Balaban J connectivity index is 1.53. The highest BCUT2D eigenvalue weighted by molar-refractivity contribution is 6.03. The van der Waals surface area contributed by atoms with Crippen LogP contribution < -0.4 is 15.4 Å². The summed E-state index contributed by atoms with van der Waals surface area (Å²) >= 11 is 0. The van der Waals surface area contributed by atoms with Crippen molar-refractivity contribution in [3.8, 4) is 5.75 Å². The number of methoxy groups -OCH3 is 1. The highest BCUT2D eigenvalue weighted by atomic mass is 16.5. The van der Waals surface area contributed by atoms with Crippen molar-refractivity contribution in [3.05, 3.63) is 77.5 Å². The number of anilines is 2. The molecule has 7 heteroatoms. The number of hydrogen-bond donors (Lipinski definition) is 2. The zero-order chi connectivity index (χ0) is 20.6. The fourth-order valence-corrected chi connectivity index (χ4v) is 2.69. The lowest BCUT2D eigenvalue weighted by Crippen LogP contribution is -2.15. The predicted molar refractivity (Wildman–Crippen MR) is 112 cm³/mol. The van der Waals surface area contributed by atoms with Crippen LogP contribution in [0.4, 0.5) is 11.5 Å². The minimum Gasteiger partial charge on any atom is -0.497 e. The highest BCUT2D eigenvalue weighted by Gasteiger charge is 2.10. The monoisotopic (exact) mass is 390 g/mol. The first kappa shape index (κ1) is 20.0. The molecular formula is C22H22N4O3. The molecule has 0 aliphatic rings. The number of nitrogens with zero attached hydrogens (tertiary/aromatic N) is 2. The van der Waals surface area contributed by atoms with E-state index in [9.17, 15) is 9.59 Å². The van der Waals surface area contributed by atoms with Crippen molar-refractivity contribution in [3.63, 3.8) is 0 Å². The second kappa shape index (κ2) is 9.45. The average Bonchev–Trinajstić information content (AvgIpc) is 2.75. The van der Waals surface area contributed by atoms with E-state index in [1.54, 1.807) is 43.5 Å². The smallest absolute Gasteiger partial charge is 0.276 e. The zero-order valence-electron chi connectivity index (χ0n) is 16.3. The van der Waals surface area contributed by atoms with Gasteiger partial charge in [-0.25, -0.2) is 0 Å². The maximum Gasteiger partial charge on any atom is 0.276 e. The molecule has 0 unspecified atom stereocenters. The quantitative estimate of drug-likeness (QED) is 0.571. The van der Waals surface area contributed by atoms with Crippen LogP contribution in [0.2, 0.25) is 0 Å². The molecule has 0 atom stereocenters. The van der Waals surface area contributed by atoms with Gasteiger partial charge in [0.05, 0.1) is 7.11 Å². The Bertz CT molecular complexity index is 986. The molecule has 0 aliphatic heterocycles. The minimum atomic E-state index is -0.386. The van der Waals surface area contributed by atoms with Crippen molar-refractivity contribution in [2.24, 2.45) is 0 Å². The Morgan fingerprint density at radius 1 is 1.00 bits per heavy atom. The maximum atomic E-state index is 12.3. The van der Waals surface area contributed by atoms with Crippen molar-refractivity contribution >= 4 is 23.2 Å². The molecule has 29 heavy (non-hydrogen) atoms. The first-order chi connectivity index (χ1) is 14.0. The molecule has 3 aromatic rings. The lowest BCUT2D eigenvalue weighted by molar-refractivity contribution is 0.100. The molecule has 1 amide bonds. The lowest BCUT2D eigenvalue weighted by Gasteiger charge is -2.08. The average molecular weight is 390 g/mol. The van der Waals surface area contributed by atoms with E-state index < -0.39 is 0 Å². The number of carbonyl (C=O) groups excluding carboxylic acids is 2. The normalized spacial score (nSPS) is 10.3. The number of nitrogens with one attached hydrogen (secondary N) is 2. The molecule has 2 N–H and O–H groups in total. The molecule has 0 aliphatic carbocycles. The van der Waals surface area contributed by atoms with Gasteiger partial charge in [0.25, 0.3) is 5.91 Å². The fraction of sp³-hybridized carbons (Fsp3) is 0.182. The van der Waals surface area contributed by atoms with Crippen molar-refractivity contribution in [2.45, 2.75) is 13.3 Å². The standard InChI is InChI=1S/C22H22N4O3/c1-15(27)17-4-3-5-18(14-17)24-22(28)20-10-11-21(26-25-20)23-13-12-16-6-8-19(29-2)9-7-16/h3-11,14H,12-13H2,1-2H3,(H,23,26)(H,24,28). The molecule has 7 nitrogen and oxygen atoms in total. The van der Waals surface area contributed by atoms with Gasteiger partial charge in [-0.1, -0.05) is 24.3 Å². The number of ketones is 1. The maximum absolute atomic E-state index is 12.3. The largest absolute Gasteiger partial charge is 0.497 e. The van der Waals surface area contributed by atoms with Crippen LogP contribution in [0.15, 0.2) is 60.7 Å². The van der Waals surface area contributed by atoms with Gasteiger partial charge in [0, 0.05) is 17.8 Å². The van der Waals surface area contributed by atoms with Crippen LogP contribution in [0.3, 0.4) is 0 Å². The Kier molecular flexibility index (Phi) is 6.52. The van der Waals surface area contributed by atoms with Gasteiger partial charge in [0.1, 0.15) is 11.6 Å². The molecule has 148 valence electrons. The Morgan fingerprint density at radius 2 is 1.79 bits per heavy atom. The van der Waals surface area contributed by atoms with Gasteiger partial charge in [-0.15, -0.1) is 10.2 Å². The number of rotatable bonds is 8.